The number of carbonyl (C=O) groups excluding carboxylic acids is 1. The summed E-state index contributed by atoms with van der Waals surface area (Å²) in [7, 11) is 0. The summed E-state index contributed by atoms with van der Waals surface area (Å²) < 4.78 is 1.09. The predicted octanol–water partition coefficient (Wildman–Crippen LogP) is 5.01. The minimum atomic E-state index is -0.302. The molecular weight excluding hydrogens is 499 g/mol. The van der Waals surface area contributed by atoms with Gasteiger partial charge in [0.25, 0.3) is 0 Å². The van der Waals surface area contributed by atoms with Crippen LogP contribution in [0.1, 0.15) is 17.5 Å². The van der Waals surface area contributed by atoms with Crippen LogP contribution < -0.4 is 5.43 Å². The third-order valence-corrected chi connectivity index (χ3v) is 4.88. The molecule has 0 aliphatic carbocycles. The maximum absolute atomic E-state index is 11.8. The Balaban J connectivity index is 1.93. The maximum atomic E-state index is 11.8. The Kier molecular flexibility index (Phi) is 7.13. The number of amides is 1. The van der Waals surface area contributed by atoms with Gasteiger partial charge in [0.1, 0.15) is 11.5 Å². The minimum absolute atomic E-state index is 0.101. The molecule has 3 N–H and O–H groups in total. The molecule has 0 aliphatic rings. The summed E-state index contributed by atoms with van der Waals surface area (Å²) in [5.74, 6) is -0.357. The Morgan fingerprint density at radius 1 is 1.12 bits per heavy atom. The van der Waals surface area contributed by atoms with Gasteiger partial charge in [-0.15, -0.1) is 0 Å². The van der Waals surface area contributed by atoms with Crippen LogP contribution in [0, 0.1) is 0 Å². The molecule has 132 valence electrons. The third-order valence-electron chi connectivity index (χ3n) is 3.17. The number of aryl methyl sites for hydroxylation is 1. The number of nitrogens with one attached hydrogen (secondary N) is 1. The van der Waals surface area contributed by atoms with Crippen LogP contribution in [0.15, 0.2) is 38.3 Å². The largest absolute Gasteiger partial charge is 0.506 e. The number of rotatable bonds is 5. The van der Waals surface area contributed by atoms with E-state index < -0.39 is 0 Å². The van der Waals surface area contributed by atoms with Gasteiger partial charge in [-0.2, -0.15) is 5.10 Å². The maximum Gasteiger partial charge on any atom is 0.240 e. The Morgan fingerprint density at radius 2 is 1.76 bits per heavy atom. The van der Waals surface area contributed by atoms with Crippen LogP contribution in [0.2, 0.25) is 10.0 Å². The number of aromatic hydroxyl groups is 2. The van der Waals surface area contributed by atoms with Crippen molar-refractivity contribution < 1.29 is 15.0 Å². The van der Waals surface area contributed by atoms with Gasteiger partial charge in [-0.25, -0.2) is 5.43 Å². The molecule has 0 spiro atoms. The van der Waals surface area contributed by atoms with Gasteiger partial charge in [0.15, 0.2) is 0 Å². The van der Waals surface area contributed by atoms with Gasteiger partial charge in [-0.1, -0.05) is 23.2 Å². The Hall–Kier alpha value is -1.28. The molecule has 0 unspecified atom stereocenters. The number of hydrogen-bond acceptors (Lipinski definition) is 4. The summed E-state index contributed by atoms with van der Waals surface area (Å²) in [5.41, 5.74) is 3.53. The highest BCUT2D eigenvalue weighted by atomic mass is 79.9. The zero-order valence-electron chi connectivity index (χ0n) is 12.6. The van der Waals surface area contributed by atoms with Crippen LogP contribution in [0.25, 0.3) is 0 Å². The van der Waals surface area contributed by atoms with Crippen molar-refractivity contribution in [3.63, 3.8) is 0 Å². The molecule has 2 rings (SSSR count). The average molecular weight is 511 g/mol. The van der Waals surface area contributed by atoms with Gasteiger partial charge < -0.3 is 10.2 Å². The number of carbonyl (C=O) groups is 1. The van der Waals surface area contributed by atoms with E-state index in [1.165, 1.54) is 18.3 Å². The highest BCUT2D eigenvalue weighted by Crippen LogP contribution is 2.33. The number of phenols is 2. The summed E-state index contributed by atoms with van der Waals surface area (Å²) >= 11 is 18.1. The van der Waals surface area contributed by atoms with Gasteiger partial charge in [-0.05, 0) is 68.1 Å². The highest BCUT2D eigenvalue weighted by molar-refractivity contribution is 9.11. The molecule has 0 aromatic heterocycles. The smallest absolute Gasteiger partial charge is 0.240 e. The van der Waals surface area contributed by atoms with Gasteiger partial charge >= 0.3 is 0 Å². The van der Waals surface area contributed by atoms with Crippen LogP contribution in [0.4, 0.5) is 0 Å². The van der Waals surface area contributed by atoms with Crippen molar-refractivity contribution in [3.8, 4) is 11.5 Å². The second kappa shape index (κ2) is 8.89. The molecule has 0 saturated carbocycles. The number of benzene rings is 2. The van der Waals surface area contributed by atoms with Crippen molar-refractivity contribution in [3.05, 3.63) is 54.4 Å². The SMILES string of the molecule is O=C(CCc1cc(Br)c(O)c(Br)c1)N/N=C\c1cc(Cl)cc(Cl)c1O. The lowest BCUT2D eigenvalue weighted by molar-refractivity contribution is -0.121. The molecule has 0 atom stereocenters. The summed E-state index contributed by atoms with van der Waals surface area (Å²) in [6, 6.07) is 6.36. The molecule has 0 heterocycles. The van der Waals surface area contributed by atoms with E-state index >= 15 is 0 Å². The van der Waals surface area contributed by atoms with Crippen LogP contribution in [-0.4, -0.2) is 22.3 Å². The lowest BCUT2D eigenvalue weighted by Crippen LogP contribution is -2.17. The van der Waals surface area contributed by atoms with Gasteiger partial charge in [0.05, 0.1) is 20.2 Å². The first-order valence-corrected chi connectivity index (χ1v) is 9.29. The Labute approximate surface area is 170 Å². The molecule has 2 aromatic rings. The monoisotopic (exact) mass is 508 g/mol. The fraction of sp³-hybridized carbons (Fsp3) is 0.125. The molecule has 0 bridgehead atoms. The van der Waals surface area contributed by atoms with Crippen molar-refractivity contribution in [2.45, 2.75) is 12.8 Å². The van der Waals surface area contributed by atoms with E-state index in [0.717, 1.165) is 5.56 Å². The second-order valence-electron chi connectivity index (χ2n) is 5.03. The zero-order valence-corrected chi connectivity index (χ0v) is 17.2. The fourth-order valence-electron chi connectivity index (χ4n) is 1.93. The van der Waals surface area contributed by atoms with Crippen LogP contribution in [-0.2, 0) is 11.2 Å². The molecule has 25 heavy (non-hydrogen) atoms. The van der Waals surface area contributed by atoms with Gasteiger partial charge in [0, 0.05) is 17.0 Å². The molecule has 5 nitrogen and oxygen atoms in total. The first-order valence-electron chi connectivity index (χ1n) is 6.94. The quantitative estimate of drug-likeness (QED) is 0.390. The number of hydrogen-bond donors (Lipinski definition) is 3. The van der Waals surface area contributed by atoms with E-state index in [9.17, 15) is 15.0 Å². The van der Waals surface area contributed by atoms with E-state index in [1.807, 2.05) is 0 Å². The first kappa shape index (κ1) is 20.0. The Morgan fingerprint density at radius 3 is 2.40 bits per heavy atom. The lowest BCUT2D eigenvalue weighted by atomic mass is 10.1. The third kappa shape index (κ3) is 5.60. The minimum Gasteiger partial charge on any atom is -0.506 e. The number of nitrogens with zero attached hydrogens (tertiary/aromatic N) is 1. The molecule has 2 aromatic carbocycles. The van der Waals surface area contributed by atoms with Crippen LogP contribution >= 0.6 is 55.1 Å². The second-order valence-corrected chi connectivity index (χ2v) is 7.58. The fourth-order valence-corrected chi connectivity index (χ4v) is 3.72. The molecule has 0 saturated heterocycles. The van der Waals surface area contributed by atoms with E-state index in [1.54, 1.807) is 12.1 Å². The van der Waals surface area contributed by atoms with Crippen LogP contribution in [0.5, 0.6) is 11.5 Å². The number of phenolic OH excluding ortho intramolecular Hbond substituents is 2. The van der Waals surface area contributed by atoms with Gasteiger partial charge in [-0.3, -0.25) is 4.79 Å². The van der Waals surface area contributed by atoms with E-state index in [-0.39, 0.29) is 28.8 Å². The van der Waals surface area contributed by atoms with Crippen LogP contribution in [0.3, 0.4) is 0 Å². The van der Waals surface area contributed by atoms with Crippen molar-refractivity contribution >= 4 is 67.2 Å². The lowest BCUT2D eigenvalue weighted by Gasteiger charge is -2.06. The summed E-state index contributed by atoms with van der Waals surface area (Å²) in [6.45, 7) is 0. The predicted molar refractivity (Wildman–Crippen MR) is 106 cm³/mol. The van der Waals surface area contributed by atoms with E-state index in [4.69, 9.17) is 23.2 Å². The molecule has 0 radical (unpaired) electrons. The summed E-state index contributed by atoms with van der Waals surface area (Å²) in [5, 5.41) is 23.7. The summed E-state index contributed by atoms with van der Waals surface area (Å²) in [4.78, 5) is 11.8. The molecular formula is C16H12Br2Cl2N2O3. The highest BCUT2D eigenvalue weighted by Gasteiger charge is 2.08. The van der Waals surface area contributed by atoms with Crippen molar-refractivity contribution in [1.29, 1.82) is 0 Å². The van der Waals surface area contributed by atoms with Crippen molar-refractivity contribution in [2.75, 3.05) is 0 Å². The van der Waals surface area contributed by atoms with Crippen molar-refractivity contribution in [1.82, 2.24) is 5.43 Å². The van der Waals surface area contributed by atoms with Gasteiger partial charge in [0.2, 0.25) is 5.91 Å². The first-order chi connectivity index (χ1) is 11.8. The number of hydrazone groups is 1. The molecule has 9 heteroatoms. The average Bonchev–Trinajstić information content (AvgIpc) is 2.54. The molecule has 1 amide bonds. The zero-order chi connectivity index (χ0) is 18.6. The van der Waals surface area contributed by atoms with Crippen molar-refractivity contribution in [2.24, 2.45) is 5.10 Å². The molecule has 0 fully saturated rings. The van der Waals surface area contributed by atoms with E-state index in [2.05, 4.69) is 42.4 Å². The normalized spacial score (nSPS) is 11.0. The Bertz CT molecular complexity index is 821. The summed E-state index contributed by atoms with van der Waals surface area (Å²) in [6.07, 6.45) is 1.93. The topological polar surface area (TPSA) is 81.9 Å². The van der Waals surface area contributed by atoms with E-state index in [0.29, 0.717) is 26.0 Å². The number of halogens is 4. The standard InChI is InChI=1S/C16H12Br2Cl2N2O3/c17-11-3-8(4-12(18)16(11)25)1-2-14(23)22-21-7-9-5-10(19)6-13(20)15(9)24/h3-7,24-25H,1-2H2,(H,22,23)/b21-7-. The molecule has 0 aliphatic heterocycles.